The molecular weight excluding hydrogens is 280 g/mol. The Hall–Kier alpha value is -1.76. The van der Waals surface area contributed by atoms with Gasteiger partial charge in [0.25, 0.3) is 0 Å². The van der Waals surface area contributed by atoms with Crippen LogP contribution in [0.25, 0.3) is 0 Å². The fourth-order valence-electron chi connectivity index (χ4n) is 2.07. The summed E-state index contributed by atoms with van der Waals surface area (Å²) in [5, 5.41) is 17.4. The van der Waals surface area contributed by atoms with Gasteiger partial charge in [0.05, 0.1) is 0 Å². The Morgan fingerprint density at radius 1 is 0.864 bits per heavy atom. The number of rotatable bonds is 12. The van der Waals surface area contributed by atoms with E-state index in [1.54, 1.807) is 0 Å². The van der Waals surface area contributed by atoms with Gasteiger partial charge in [-0.3, -0.25) is 0 Å². The van der Waals surface area contributed by atoms with E-state index in [4.69, 9.17) is 10.2 Å². The van der Waals surface area contributed by atoms with Gasteiger partial charge in [-0.2, -0.15) is 0 Å². The molecule has 2 N–H and O–H groups in total. The Kier molecular flexibility index (Phi) is 13.1. The van der Waals surface area contributed by atoms with Crippen molar-refractivity contribution in [2.24, 2.45) is 0 Å². The van der Waals surface area contributed by atoms with E-state index in [-0.39, 0.29) is 5.57 Å². The second-order valence-corrected chi connectivity index (χ2v) is 5.39. The number of aliphatic carboxylic acids is 2. The zero-order valence-electron chi connectivity index (χ0n) is 13.6. The molecule has 0 bridgehead atoms. The molecule has 0 fully saturated rings. The Morgan fingerprint density at radius 3 is 1.95 bits per heavy atom. The first-order chi connectivity index (χ1) is 10.6. The highest BCUT2D eigenvalue weighted by Crippen LogP contribution is 2.12. The van der Waals surface area contributed by atoms with Crippen LogP contribution in [-0.2, 0) is 9.59 Å². The van der Waals surface area contributed by atoms with Gasteiger partial charge in [0.15, 0.2) is 0 Å². The summed E-state index contributed by atoms with van der Waals surface area (Å²) in [5.41, 5.74) is -0.0187. The van der Waals surface area contributed by atoms with Crippen molar-refractivity contribution in [3.63, 3.8) is 0 Å². The molecule has 4 heteroatoms. The first-order valence-electron chi connectivity index (χ1n) is 8.20. The molecule has 0 heterocycles. The Bertz CT molecular complexity index is 413. The summed E-state index contributed by atoms with van der Waals surface area (Å²) in [4.78, 5) is 21.3. The summed E-state index contributed by atoms with van der Waals surface area (Å²) >= 11 is 0. The maximum atomic E-state index is 10.8. The maximum absolute atomic E-state index is 10.8. The van der Waals surface area contributed by atoms with Gasteiger partial charge in [0.1, 0.15) is 0 Å². The molecule has 0 aliphatic heterocycles. The molecule has 4 nitrogen and oxygen atoms in total. The van der Waals surface area contributed by atoms with E-state index < -0.39 is 11.9 Å². The number of carboxylic acids is 2. The molecule has 0 aromatic heterocycles. The van der Waals surface area contributed by atoms with Crippen molar-refractivity contribution in [3.8, 4) is 11.8 Å². The van der Waals surface area contributed by atoms with Crippen LogP contribution in [-0.4, -0.2) is 22.2 Å². The van der Waals surface area contributed by atoms with E-state index in [0.29, 0.717) is 6.42 Å². The molecule has 0 saturated carbocycles. The van der Waals surface area contributed by atoms with E-state index in [2.05, 4.69) is 18.8 Å². The molecule has 0 atom stereocenters. The third-order valence-electron chi connectivity index (χ3n) is 3.35. The van der Waals surface area contributed by atoms with Crippen molar-refractivity contribution in [2.45, 2.75) is 77.6 Å². The van der Waals surface area contributed by atoms with Crippen LogP contribution in [0.4, 0.5) is 0 Å². The van der Waals surface area contributed by atoms with Crippen LogP contribution in [0.2, 0.25) is 0 Å². The molecule has 0 rings (SSSR count). The fraction of sp³-hybridized carbons (Fsp3) is 0.667. The molecule has 0 unspecified atom stereocenters. The quantitative estimate of drug-likeness (QED) is 0.318. The van der Waals surface area contributed by atoms with Crippen molar-refractivity contribution in [1.29, 1.82) is 0 Å². The van der Waals surface area contributed by atoms with E-state index in [1.165, 1.54) is 12.8 Å². The van der Waals surface area contributed by atoms with Gasteiger partial charge in [0.2, 0.25) is 0 Å². The molecule has 0 aromatic rings. The number of carbonyl (C=O) groups is 2. The van der Waals surface area contributed by atoms with Crippen molar-refractivity contribution < 1.29 is 19.8 Å². The van der Waals surface area contributed by atoms with Gasteiger partial charge < -0.3 is 10.2 Å². The summed E-state index contributed by atoms with van der Waals surface area (Å²) < 4.78 is 0. The van der Waals surface area contributed by atoms with Crippen LogP contribution >= 0.6 is 0 Å². The first-order valence-corrected chi connectivity index (χ1v) is 8.20. The molecule has 124 valence electrons. The normalized spacial score (nSPS) is 10.9. The number of carboxylic acid groups (broad SMARTS) is 2. The minimum absolute atomic E-state index is 0.0187. The van der Waals surface area contributed by atoms with Gasteiger partial charge in [0, 0.05) is 24.5 Å². The van der Waals surface area contributed by atoms with Crippen LogP contribution < -0.4 is 0 Å². The van der Waals surface area contributed by atoms with Gasteiger partial charge in [-0.1, -0.05) is 39.0 Å². The highest BCUT2D eigenvalue weighted by atomic mass is 16.4. The summed E-state index contributed by atoms with van der Waals surface area (Å²) in [6.45, 7) is 2.17. The molecule has 0 aliphatic rings. The molecule has 0 aromatic carbocycles. The Labute approximate surface area is 133 Å². The summed E-state index contributed by atoms with van der Waals surface area (Å²) in [6.07, 6.45) is 11.6. The van der Waals surface area contributed by atoms with Gasteiger partial charge in [-0.25, -0.2) is 9.59 Å². The minimum atomic E-state index is -1.20. The van der Waals surface area contributed by atoms with Crippen molar-refractivity contribution in [3.05, 3.63) is 11.6 Å². The predicted molar refractivity (Wildman–Crippen MR) is 87.6 cm³/mol. The standard InChI is InChI=1S/C18H28O4/c1-2-3-4-5-6-7-8-9-10-11-12-13-14-16(18(21)22)15-17(19)20/h15H,2-4,7-14H2,1H3,(H,19,20)(H,21,22)/b16-15-. The fourth-order valence-corrected chi connectivity index (χ4v) is 2.07. The largest absolute Gasteiger partial charge is 0.478 e. The van der Waals surface area contributed by atoms with Gasteiger partial charge in [-0.15, -0.1) is 11.8 Å². The lowest BCUT2D eigenvalue weighted by molar-refractivity contribution is -0.135. The lowest BCUT2D eigenvalue weighted by atomic mass is 10.0. The monoisotopic (exact) mass is 308 g/mol. The Morgan fingerprint density at radius 2 is 1.41 bits per heavy atom. The minimum Gasteiger partial charge on any atom is -0.478 e. The topological polar surface area (TPSA) is 74.6 Å². The molecular formula is C18H28O4. The lowest BCUT2D eigenvalue weighted by Gasteiger charge is -2.02. The molecule has 0 amide bonds. The van der Waals surface area contributed by atoms with Gasteiger partial charge in [-0.05, 0) is 25.7 Å². The molecule has 0 radical (unpaired) electrons. The van der Waals surface area contributed by atoms with E-state index in [1.807, 2.05) is 0 Å². The van der Waals surface area contributed by atoms with Crippen LogP contribution in [0, 0.1) is 11.8 Å². The molecule has 22 heavy (non-hydrogen) atoms. The first kappa shape index (κ1) is 20.2. The van der Waals surface area contributed by atoms with Crippen molar-refractivity contribution in [2.75, 3.05) is 0 Å². The van der Waals surface area contributed by atoms with E-state index in [0.717, 1.165) is 57.4 Å². The number of unbranched alkanes of at least 4 members (excludes halogenated alkanes) is 8. The predicted octanol–water partition coefficient (Wildman–Crippen LogP) is 4.40. The SMILES string of the molecule is CCCCC#CCCCCCCCC/C(=C/C(=O)O)C(=O)O. The highest BCUT2D eigenvalue weighted by molar-refractivity contribution is 5.94. The summed E-state index contributed by atoms with van der Waals surface area (Å²) in [7, 11) is 0. The second kappa shape index (κ2) is 14.2. The summed E-state index contributed by atoms with van der Waals surface area (Å²) in [6, 6.07) is 0. The number of hydrogen-bond acceptors (Lipinski definition) is 2. The zero-order chi connectivity index (χ0) is 16.6. The average molecular weight is 308 g/mol. The van der Waals surface area contributed by atoms with E-state index >= 15 is 0 Å². The van der Waals surface area contributed by atoms with Crippen LogP contribution in [0.15, 0.2) is 11.6 Å². The second-order valence-electron chi connectivity index (χ2n) is 5.39. The third kappa shape index (κ3) is 13.2. The molecule has 0 saturated heterocycles. The van der Waals surface area contributed by atoms with Gasteiger partial charge >= 0.3 is 11.9 Å². The average Bonchev–Trinajstić information content (AvgIpc) is 2.46. The Balaban J connectivity index is 3.55. The highest BCUT2D eigenvalue weighted by Gasteiger charge is 2.08. The van der Waals surface area contributed by atoms with Crippen LogP contribution in [0.3, 0.4) is 0 Å². The summed E-state index contributed by atoms with van der Waals surface area (Å²) in [5.74, 6) is 4.03. The smallest absolute Gasteiger partial charge is 0.331 e. The maximum Gasteiger partial charge on any atom is 0.331 e. The zero-order valence-corrected chi connectivity index (χ0v) is 13.6. The van der Waals surface area contributed by atoms with Crippen molar-refractivity contribution in [1.82, 2.24) is 0 Å². The molecule has 0 spiro atoms. The van der Waals surface area contributed by atoms with Crippen molar-refractivity contribution >= 4 is 11.9 Å². The lowest BCUT2D eigenvalue weighted by Crippen LogP contribution is -2.04. The molecule has 0 aliphatic carbocycles. The van der Waals surface area contributed by atoms with E-state index in [9.17, 15) is 9.59 Å². The van der Waals surface area contributed by atoms with Crippen LogP contribution in [0.1, 0.15) is 77.6 Å². The third-order valence-corrected chi connectivity index (χ3v) is 3.35. The number of hydrogen-bond donors (Lipinski definition) is 2. The van der Waals surface area contributed by atoms with Crippen LogP contribution in [0.5, 0.6) is 0 Å².